The summed E-state index contributed by atoms with van der Waals surface area (Å²) in [6.07, 6.45) is 4.55. The molecule has 90 valence electrons. The molecule has 0 N–H and O–H groups in total. The molecule has 0 unspecified atom stereocenters. The third-order valence-corrected chi connectivity index (χ3v) is 1.17. The first-order chi connectivity index (χ1) is 7.70. The van der Waals surface area contributed by atoms with Gasteiger partial charge in [0.15, 0.2) is 0 Å². The van der Waals surface area contributed by atoms with E-state index < -0.39 is 12.3 Å². The Balaban J connectivity index is 3.62. The Morgan fingerprint density at radius 1 is 0.875 bits per heavy atom. The Morgan fingerprint density at radius 3 is 1.56 bits per heavy atom. The van der Waals surface area contributed by atoms with Gasteiger partial charge in [-0.1, -0.05) is 13.8 Å². The highest BCUT2D eigenvalue weighted by Gasteiger charge is 2.09. The lowest BCUT2D eigenvalue weighted by Crippen LogP contribution is -2.10. The number of hydrogen-bond acceptors (Lipinski definition) is 6. The predicted octanol–water partition coefficient (Wildman–Crippen LogP) is 3.06. The standard InChI is InChI=1S/C10H14O6/c1-3-5-7-13-9(11)15-16-10(12)14-8-6-4-2/h5-8H,3-4H2,1-2H3. The van der Waals surface area contributed by atoms with Crippen molar-refractivity contribution in [1.29, 1.82) is 0 Å². The van der Waals surface area contributed by atoms with Crippen LogP contribution in [0.5, 0.6) is 0 Å². The minimum Gasteiger partial charge on any atom is -0.401 e. The molecule has 6 heteroatoms. The average molecular weight is 230 g/mol. The molecule has 0 rings (SSSR count). The van der Waals surface area contributed by atoms with E-state index in [0.29, 0.717) is 12.8 Å². The Labute approximate surface area is 93.4 Å². The molecular formula is C10H14O6. The van der Waals surface area contributed by atoms with E-state index in [1.807, 2.05) is 13.8 Å². The van der Waals surface area contributed by atoms with Crippen molar-refractivity contribution in [1.82, 2.24) is 0 Å². The van der Waals surface area contributed by atoms with Gasteiger partial charge in [0.25, 0.3) is 0 Å². The highest BCUT2D eigenvalue weighted by molar-refractivity contribution is 5.64. The number of ether oxygens (including phenoxy) is 2. The summed E-state index contributed by atoms with van der Waals surface area (Å²) in [5.74, 6) is 0. The first-order valence-corrected chi connectivity index (χ1v) is 4.76. The third-order valence-electron chi connectivity index (χ3n) is 1.17. The molecule has 0 saturated carbocycles. The van der Waals surface area contributed by atoms with Gasteiger partial charge in [-0.25, -0.2) is 0 Å². The summed E-state index contributed by atoms with van der Waals surface area (Å²) in [6.45, 7) is 3.72. The van der Waals surface area contributed by atoms with Crippen molar-refractivity contribution in [3.63, 3.8) is 0 Å². The van der Waals surface area contributed by atoms with E-state index in [1.54, 1.807) is 12.2 Å². The number of carbonyl (C=O) groups excluding carboxylic acids is 2. The Morgan fingerprint density at radius 2 is 1.25 bits per heavy atom. The summed E-state index contributed by atoms with van der Waals surface area (Å²) < 4.78 is 8.73. The molecule has 0 saturated heterocycles. The van der Waals surface area contributed by atoms with Gasteiger partial charge in [0.05, 0.1) is 12.5 Å². The minimum absolute atomic E-state index is 0.706. The lowest BCUT2D eigenvalue weighted by Gasteiger charge is -1.99. The summed E-state index contributed by atoms with van der Waals surface area (Å²) >= 11 is 0. The van der Waals surface area contributed by atoms with Gasteiger partial charge in [0.2, 0.25) is 0 Å². The van der Waals surface area contributed by atoms with Crippen LogP contribution < -0.4 is 0 Å². The van der Waals surface area contributed by atoms with Crippen LogP contribution in [0.1, 0.15) is 26.7 Å². The first kappa shape index (κ1) is 14.0. The molecule has 0 aliphatic heterocycles. The van der Waals surface area contributed by atoms with Gasteiger partial charge in [-0.05, 0) is 25.0 Å². The fraction of sp³-hybridized carbons (Fsp3) is 0.400. The zero-order valence-corrected chi connectivity index (χ0v) is 9.17. The van der Waals surface area contributed by atoms with Crippen LogP contribution >= 0.6 is 0 Å². The van der Waals surface area contributed by atoms with Crippen LogP contribution in [0.3, 0.4) is 0 Å². The van der Waals surface area contributed by atoms with Crippen molar-refractivity contribution in [2.24, 2.45) is 0 Å². The van der Waals surface area contributed by atoms with E-state index in [0.717, 1.165) is 12.5 Å². The van der Waals surface area contributed by atoms with E-state index in [-0.39, 0.29) is 0 Å². The molecule has 0 bridgehead atoms. The molecule has 0 radical (unpaired) electrons. The zero-order chi connectivity index (χ0) is 12.2. The SMILES string of the molecule is CCC=COC(=O)OOC(=O)OC=CCC. The zero-order valence-electron chi connectivity index (χ0n) is 9.17. The van der Waals surface area contributed by atoms with Gasteiger partial charge in [0.1, 0.15) is 0 Å². The largest absolute Gasteiger partial charge is 0.555 e. The molecule has 0 spiro atoms. The van der Waals surface area contributed by atoms with Gasteiger partial charge in [0, 0.05) is 0 Å². The van der Waals surface area contributed by atoms with Crippen LogP contribution in [0, 0.1) is 0 Å². The molecule has 0 aromatic carbocycles. The number of allylic oxidation sites excluding steroid dienone is 2. The maximum atomic E-state index is 10.7. The van der Waals surface area contributed by atoms with Crippen LogP contribution in [0.25, 0.3) is 0 Å². The highest BCUT2D eigenvalue weighted by Crippen LogP contribution is 1.93. The van der Waals surface area contributed by atoms with Gasteiger partial charge in [-0.2, -0.15) is 19.4 Å². The van der Waals surface area contributed by atoms with Crippen LogP contribution in [0.4, 0.5) is 9.59 Å². The minimum atomic E-state index is -1.15. The lowest BCUT2D eigenvalue weighted by atomic mass is 10.5. The Hall–Kier alpha value is -1.98. The van der Waals surface area contributed by atoms with Crippen molar-refractivity contribution in [2.75, 3.05) is 0 Å². The summed E-state index contributed by atoms with van der Waals surface area (Å²) in [5.41, 5.74) is 0. The second-order valence-electron chi connectivity index (χ2n) is 2.46. The topological polar surface area (TPSA) is 71.1 Å². The summed E-state index contributed by atoms with van der Waals surface area (Å²) in [6, 6.07) is 0. The maximum Gasteiger partial charge on any atom is 0.555 e. The molecular weight excluding hydrogens is 216 g/mol. The fourth-order valence-electron chi connectivity index (χ4n) is 0.507. The van der Waals surface area contributed by atoms with Gasteiger partial charge in [-0.3, -0.25) is 0 Å². The van der Waals surface area contributed by atoms with Gasteiger partial charge < -0.3 is 9.47 Å². The van der Waals surface area contributed by atoms with E-state index in [9.17, 15) is 9.59 Å². The molecule has 6 nitrogen and oxygen atoms in total. The Bertz CT molecular complexity index is 240. The molecule has 0 amide bonds. The van der Waals surface area contributed by atoms with Crippen molar-refractivity contribution >= 4 is 12.3 Å². The predicted molar refractivity (Wildman–Crippen MR) is 54.0 cm³/mol. The molecule has 0 heterocycles. The average Bonchev–Trinajstić information content (AvgIpc) is 2.27. The van der Waals surface area contributed by atoms with Crippen LogP contribution in [0.2, 0.25) is 0 Å². The molecule has 0 aromatic rings. The highest BCUT2D eigenvalue weighted by atomic mass is 17.3. The number of hydrogen-bond donors (Lipinski definition) is 0. The number of rotatable bonds is 4. The second-order valence-corrected chi connectivity index (χ2v) is 2.46. The van der Waals surface area contributed by atoms with Crippen LogP contribution in [-0.2, 0) is 19.2 Å². The van der Waals surface area contributed by atoms with Crippen molar-refractivity contribution in [3.8, 4) is 0 Å². The lowest BCUT2D eigenvalue weighted by molar-refractivity contribution is -0.209. The molecule has 16 heavy (non-hydrogen) atoms. The van der Waals surface area contributed by atoms with Crippen molar-refractivity contribution < 1.29 is 28.8 Å². The number of carbonyl (C=O) groups is 2. The van der Waals surface area contributed by atoms with E-state index in [2.05, 4.69) is 19.2 Å². The third kappa shape index (κ3) is 8.61. The molecule has 0 atom stereocenters. The van der Waals surface area contributed by atoms with E-state index in [1.165, 1.54) is 0 Å². The molecule has 0 aromatic heterocycles. The first-order valence-electron chi connectivity index (χ1n) is 4.76. The molecule has 0 aliphatic carbocycles. The summed E-state index contributed by atoms with van der Waals surface area (Å²) in [5, 5.41) is 0. The molecule has 0 aliphatic rings. The monoisotopic (exact) mass is 230 g/mol. The van der Waals surface area contributed by atoms with Crippen LogP contribution in [-0.4, -0.2) is 12.3 Å². The Kier molecular flexibility index (Phi) is 8.39. The van der Waals surface area contributed by atoms with Gasteiger partial charge in [-0.15, -0.1) is 0 Å². The van der Waals surface area contributed by atoms with Crippen molar-refractivity contribution in [2.45, 2.75) is 26.7 Å². The summed E-state index contributed by atoms with van der Waals surface area (Å²) in [7, 11) is 0. The fourth-order valence-corrected chi connectivity index (χ4v) is 0.507. The van der Waals surface area contributed by atoms with E-state index >= 15 is 0 Å². The molecule has 0 fully saturated rings. The second kappa shape index (κ2) is 9.57. The van der Waals surface area contributed by atoms with Gasteiger partial charge >= 0.3 is 12.3 Å². The smallest absolute Gasteiger partial charge is 0.401 e. The van der Waals surface area contributed by atoms with Crippen LogP contribution in [0.15, 0.2) is 24.7 Å². The van der Waals surface area contributed by atoms with E-state index in [4.69, 9.17) is 0 Å². The maximum absolute atomic E-state index is 10.7. The summed E-state index contributed by atoms with van der Waals surface area (Å²) in [4.78, 5) is 29.3. The normalized spacial score (nSPS) is 10.4. The van der Waals surface area contributed by atoms with Crippen molar-refractivity contribution in [3.05, 3.63) is 24.7 Å². The quantitative estimate of drug-likeness (QED) is 0.320.